The highest BCUT2D eigenvalue weighted by atomic mass is 16.7. The molecule has 1 aromatic rings. The van der Waals surface area contributed by atoms with Gasteiger partial charge in [0.25, 0.3) is 11.8 Å². The van der Waals surface area contributed by atoms with Crippen LogP contribution < -0.4 is 0 Å². The number of nitrogens with zero attached hydrogens (tertiary/aromatic N) is 2. The number of imide groups is 1. The van der Waals surface area contributed by atoms with Gasteiger partial charge in [0.05, 0.1) is 0 Å². The smallest absolute Gasteiger partial charge is 0.329 e. The maximum absolute atomic E-state index is 12.5. The van der Waals surface area contributed by atoms with Crippen molar-refractivity contribution in [2.75, 3.05) is 13.1 Å². The van der Waals surface area contributed by atoms with Gasteiger partial charge in [-0.2, -0.15) is 0 Å². The highest BCUT2D eigenvalue weighted by Gasteiger charge is 2.36. The molecule has 0 unspecified atom stereocenters. The van der Waals surface area contributed by atoms with Gasteiger partial charge in [-0.05, 0) is 25.1 Å². The summed E-state index contributed by atoms with van der Waals surface area (Å²) in [5.74, 6) is -1.48. The minimum absolute atomic E-state index is 0.0980. The molecule has 2 rings (SSSR count). The average molecular weight is 318 g/mol. The molecular formula is C17H22N2O4. The lowest BCUT2D eigenvalue weighted by Gasteiger charge is -2.28. The van der Waals surface area contributed by atoms with Crippen molar-refractivity contribution >= 4 is 17.8 Å². The number of hydrogen-bond acceptors (Lipinski definition) is 5. The Morgan fingerprint density at radius 3 is 2.22 bits per heavy atom. The van der Waals surface area contributed by atoms with Gasteiger partial charge in [-0.3, -0.25) is 14.5 Å². The van der Waals surface area contributed by atoms with E-state index in [1.807, 2.05) is 49.1 Å². The Hall–Kier alpha value is -2.21. The number of carbonyl (C=O) groups excluding carboxylic acids is 3. The van der Waals surface area contributed by atoms with Crippen molar-refractivity contribution in [1.29, 1.82) is 0 Å². The maximum Gasteiger partial charge on any atom is 0.350 e. The lowest BCUT2D eigenvalue weighted by Crippen LogP contribution is -2.46. The van der Waals surface area contributed by atoms with E-state index in [1.54, 1.807) is 0 Å². The van der Waals surface area contributed by atoms with Gasteiger partial charge in [-0.25, -0.2) is 4.79 Å². The van der Waals surface area contributed by atoms with E-state index in [2.05, 4.69) is 0 Å². The van der Waals surface area contributed by atoms with Gasteiger partial charge in [0, 0.05) is 12.8 Å². The van der Waals surface area contributed by atoms with Gasteiger partial charge in [-0.1, -0.05) is 44.2 Å². The molecule has 1 aliphatic heterocycles. The minimum Gasteiger partial charge on any atom is -0.329 e. The van der Waals surface area contributed by atoms with E-state index in [0.29, 0.717) is 24.6 Å². The first kappa shape index (κ1) is 17.1. The Kier molecular flexibility index (Phi) is 5.87. The fourth-order valence-electron chi connectivity index (χ4n) is 2.67. The van der Waals surface area contributed by atoms with Crippen LogP contribution in [0.1, 0.15) is 32.3 Å². The van der Waals surface area contributed by atoms with Crippen molar-refractivity contribution in [2.24, 2.45) is 0 Å². The van der Waals surface area contributed by atoms with Crippen LogP contribution in [0.25, 0.3) is 0 Å². The summed E-state index contributed by atoms with van der Waals surface area (Å²) in [5, 5.41) is 0.615. The predicted molar refractivity (Wildman–Crippen MR) is 84.0 cm³/mol. The second-order valence-corrected chi connectivity index (χ2v) is 5.42. The SMILES string of the molecule is CCN(CC)[C@@H](Cc1ccccc1)C(=O)ON1C(=O)CCC1=O. The number of hydrogen-bond donors (Lipinski definition) is 0. The van der Waals surface area contributed by atoms with E-state index < -0.39 is 23.8 Å². The fourth-order valence-corrected chi connectivity index (χ4v) is 2.67. The maximum atomic E-state index is 12.5. The van der Waals surface area contributed by atoms with Crippen molar-refractivity contribution in [3.05, 3.63) is 35.9 Å². The fraction of sp³-hybridized carbons (Fsp3) is 0.471. The van der Waals surface area contributed by atoms with Crippen molar-refractivity contribution in [3.8, 4) is 0 Å². The molecule has 23 heavy (non-hydrogen) atoms. The molecule has 0 aromatic heterocycles. The molecule has 1 fully saturated rings. The van der Waals surface area contributed by atoms with Crippen LogP contribution in [0, 0.1) is 0 Å². The van der Waals surface area contributed by atoms with Gasteiger partial charge in [0.1, 0.15) is 6.04 Å². The van der Waals surface area contributed by atoms with Crippen molar-refractivity contribution in [1.82, 2.24) is 9.96 Å². The second kappa shape index (κ2) is 7.87. The molecule has 124 valence electrons. The van der Waals surface area contributed by atoms with Crippen LogP contribution in [0.15, 0.2) is 30.3 Å². The zero-order valence-electron chi connectivity index (χ0n) is 13.5. The first-order chi connectivity index (χ1) is 11.1. The van der Waals surface area contributed by atoms with E-state index in [-0.39, 0.29) is 12.8 Å². The number of rotatable bonds is 7. The summed E-state index contributed by atoms with van der Waals surface area (Å²) in [5.41, 5.74) is 1.00. The lowest BCUT2D eigenvalue weighted by molar-refractivity contribution is -0.201. The number of carbonyl (C=O) groups is 3. The van der Waals surface area contributed by atoms with Crippen LogP contribution in [0.4, 0.5) is 0 Å². The number of benzene rings is 1. The van der Waals surface area contributed by atoms with Crippen molar-refractivity contribution in [2.45, 2.75) is 39.2 Å². The molecule has 0 aliphatic carbocycles. The summed E-state index contributed by atoms with van der Waals surface area (Å²) >= 11 is 0. The van der Waals surface area contributed by atoms with Crippen molar-refractivity contribution < 1.29 is 19.2 Å². The third kappa shape index (κ3) is 4.16. The molecule has 0 N–H and O–H groups in total. The van der Waals surface area contributed by atoms with Crippen LogP contribution >= 0.6 is 0 Å². The van der Waals surface area contributed by atoms with Gasteiger partial charge in [0.2, 0.25) is 0 Å². The molecule has 0 saturated carbocycles. The molecular weight excluding hydrogens is 296 g/mol. The Labute approximate surface area is 136 Å². The normalized spacial score (nSPS) is 16.0. The topological polar surface area (TPSA) is 66.9 Å². The first-order valence-electron chi connectivity index (χ1n) is 7.92. The van der Waals surface area contributed by atoms with Gasteiger partial charge >= 0.3 is 5.97 Å². The molecule has 0 bridgehead atoms. The van der Waals surface area contributed by atoms with Gasteiger partial charge in [-0.15, -0.1) is 5.06 Å². The monoisotopic (exact) mass is 318 g/mol. The highest BCUT2D eigenvalue weighted by Crippen LogP contribution is 2.16. The highest BCUT2D eigenvalue weighted by molar-refractivity contribution is 6.01. The summed E-state index contributed by atoms with van der Waals surface area (Å²) in [4.78, 5) is 42.9. The summed E-state index contributed by atoms with van der Waals surface area (Å²) < 4.78 is 0. The van der Waals surface area contributed by atoms with Gasteiger partial charge < -0.3 is 4.84 Å². The minimum atomic E-state index is -0.568. The van der Waals surface area contributed by atoms with E-state index in [9.17, 15) is 14.4 Å². The van der Waals surface area contributed by atoms with Crippen LogP contribution in [0.5, 0.6) is 0 Å². The molecule has 1 aromatic carbocycles. The molecule has 2 amide bonds. The molecule has 0 radical (unpaired) electrons. The van der Waals surface area contributed by atoms with Crippen LogP contribution in [0.2, 0.25) is 0 Å². The number of amides is 2. The third-order valence-corrected chi connectivity index (χ3v) is 3.98. The van der Waals surface area contributed by atoms with Crippen molar-refractivity contribution in [3.63, 3.8) is 0 Å². The standard InChI is InChI=1S/C17H22N2O4/c1-3-18(4-2)14(12-13-8-6-5-7-9-13)17(22)23-19-15(20)10-11-16(19)21/h5-9,14H,3-4,10-12H2,1-2H3/t14-/m0/s1. The lowest BCUT2D eigenvalue weighted by atomic mass is 10.0. The first-order valence-corrected chi connectivity index (χ1v) is 7.92. The zero-order chi connectivity index (χ0) is 16.8. The number of likely N-dealkylation sites (N-methyl/N-ethyl adjacent to an activating group) is 1. The Balaban J connectivity index is 2.14. The zero-order valence-corrected chi connectivity index (χ0v) is 13.5. The molecule has 6 nitrogen and oxygen atoms in total. The van der Waals surface area contributed by atoms with E-state index in [4.69, 9.17) is 4.84 Å². The van der Waals surface area contributed by atoms with E-state index in [0.717, 1.165) is 5.56 Å². The molecule has 0 spiro atoms. The summed E-state index contributed by atoms with van der Waals surface area (Å²) in [7, 11) is 0. The number of hydroxylamine groups is 2. The Bertz CT molecular complexity index is 553. The molecule has 1 heterocycles. The Morgan fingerprint density at radius 2 is 1.70 bits per heavy atom. The molecule has 6 heteroatoms. The largest absolute Gasteiger partial charge is 0.350 e. The second-order valence-electron chi connectivity index (χ2n) is 5.42. The van der Waals surface area contributed by atoms with E-state index in [1.165, 1.54) is 0 Å². The quantitative estimate of drug-likeness (QED) is 0.714. The Morgan fingerprint density at radius 1 is 1.13 bits per heavy atom. The van der Waals surface area contributed by atoms with Crippen LogP contribution in [-0.4, -0.2) is 46.9 Å². The third-order valence-electron chi connectivity index (χ3n) is 3.98. The van der Waals surface area contributed by atoms with Crippen LogP contribution in [-0.2, 0) is 25.6 Å². The molecule has 1 saturated heterocycles. The summed E-state index contributed by atoms with van der Waals surface area (Å²) in [6, 6.07) is 9.08. The summed E-state index contributed by atoms with van der Waals surface area (Å²) in [6.45, 7) is 5.26. The van der Waals surface area contributed by atoms with E-state index >= 15 is 0 Å². The summed E-state index contributed by atoms with van der Waals surface area (Å²) in [6.07, 6.45) is 0.666. The predicted octanol–water partition coefficient (Wildman–Crippen LogP) is 1.55. The van der Waals surface area contributed by atoms with Crippen LogP contribution in [0.3, 0.4) is 0 Å². The van der Waals surface area contributed by atoms with Gasteiger partial charge in [0.15, 0.2) is 0 Å². The molecule has 1 aliphatic rings. The average Bonchev–Trinajstić information content (AvgIpc) is 2.88. The molecule has 1 atom stereocenters.